The second-order valence-electron chi connectivity index (χ2n) is 7.43. The van der Waals surface area contributed by atoms with Crippen LogP contribution in [-0.2, 0) is 40.1 Å². The number of carbonyl (C=O) groups is 1. The minimum absolute atomic E-state index is 0.0155. The van der Waals surface area contributed by atoms with Crippen LogP contribution < -0.4 is 10.6 Å². The average molecular weight is 457 g/mol. The number of urea groups is 1. The molecule has 3 rings (SSSR count). The van der Waals surface area contributed by atoms with E-state index in [0.717, 1.165) is 22.5 Å². The summed E-state index contributed by atoms with van der Waals surface area (Å²) in [6.45, 7) is 1.50. The smallest absolute Gasteiger partial charge is 0.315 e. The van der Waals surface area contributed by atoms with Gasteiger partial charge in [0.25, 0.3) is 0 Å². The fourth-order valence-electron chi connectivity index (χ4n) is 3.13. The quantitative estimate of drug-likeness (QED) is 0.404. The largest absolute Gasteiger partial charge is 0.467 e. The molecule has 7 nitrogen and oxygen atoms in total. The molecule has 0 saturated heterocycles. The molecule has 3 aromatic rings. The number of carbonyl (C=O) groups excluding carboxylic acids is 1. The van der Waals surface area contributed by atoms with Crippen molar-refractivity contribution in [2.45, 2.75) is 31.9 Å². The second kappa shape index (κ2) is 12.1. The molecule has 0 aliphatic heterocycles. The van der Waals surface area contributed by atoms with Crippen LogP contribution in [0.25, 0.3) is 0 Å². The maximum atomic E-state index is 12.2. The Hall–Kier alpha value is -3.10. The van der Waals surface area contributed by atoms with Gasteiger partial charge in [-0.1, -0.05) is 54.6 Å². The molecule has 0 unspecified atom stereocenters. The molecule has 2 aromatic carbocycles. The van der Waals surface area contributed by atoms with Crippen molar-refractivity contribution in [2.75, 3.05) is 12.3 Å². The molecule has 0 atom stereocenters. The number of benzene rings is 2. The van der Waals surface area contributed by atoms with E-state index in [1.807, 2.05) is 54.6 Å². The van der Waals surface area contributed by atoms with Crippen LogP contribution in [0.3, 0.4) is 0 Å². The fourth-order valence-corrected chi connectivity index (χ4v) is 4.56. The first-order valence-electron chi connectivity index (χ1n) is 10.4. The van der Waals surface area contributed by atoms with Crippen LogP contribution in [0.1, 0.15) is 28.9 Å². The van der Waals surface area contributed by atoms with Gasteiger partial charge in [-0.3, -0.25) is 0 Å². The summed E-state index contributed by atoms with van der Waals surface area (Å²) in [6, 6.07) is 20.2. The lowest BCUT2D eigenvalue weighted by molar-refractivity contribution is 0.0929. The van der Waals surface area contributed by atoms with Gasteiger partial charge >= 0.3 is 6.03 Å². The highest BCUT2D eigenvalue weighted by atomic mass is 32.2. The van der Waals surface area contributed by atoms with E-state index in [2.05, 4.69) is 10.6 Å². The monoisotopic (exact) mass is 456 g/mol. The SMILES string of the molecule is O=C(NCCCS(=O)(=O)Cc1ccccc1)NCc1cccc(COCc2ccco2)c1. The van der Waals surface area contributed by atoms with Crippen LogP contribution in [0, 0.1) is 0 Å². The van der Waals surface area contributed by atoms with E-state index in [0.29, 0.717) is 32.7 Å². The first kappa shape index (κ1) is 23.6. The Balaban J connectivity index is 1.32. The van der Waals surface area contributed by atoms with Gasteiger partial charge in [-0.25, -0.2) is 13.2 Å². The fraction of sp³-hybridized carbons (Fsp3) is 0.292. The highest BCUT2D eigenvalue weighted by Gasteiger charge is 2.12. The summed E-state index contributed by atoms with van der Waals surface area (Å²) in [4.78, 5) is 12.0. The number of nitrogens with one attached hydrogen (secondary N) is 2. The van der Waals surface area contributed by atoms with Gasteiger partial charge in [-0.15, -0.1) is 0 Å². The molecule has 0 aliphatic rings. The molecule has 2 amide bonds. The van der Waals surface area contributed by atoms with E-state index in [9.17, 15) is 13.2 Å². The van der Waals surface area contributed by atoms with Crippen molar-refractivity contribution in [3.05, 3.63) is 95.4 Å². The Labute approximate surface area is 188 Å². The molecule has 0 spiro atoms. The van der Waals surface area contributed by atoms with E-state index in [1.165, 1.54) is 0 Å². The van der Waals surface area contributed by atoms with E-state index in [1.54, 1.807) is 18.4 Å². The highest BCUT2D eigenvalue weighted by molar-refractivity contribution is 7.90. The first-order chi connectivity index (χ1) is 15.5. The number of hydrogen-bond acceptors (Lipinski definition) is 5. The summed E-state index contributed by atoms with van der Waals surface area (Å²) in [5.74, 6) is 0.816. The molecular weight excluding hydrogens is 428 g/mol. The van der Waals surface area contributed by atoms with Gasteiger partial charge in [0.2, 0.25) is 0 Å². The molecular formula is C24H28N2O5S. The minimum atomic E-state index is -3.20. The highest BCUT2D eigenvalue weighted by Crippen LogP contribution is 2.09. The van der Waals surface area contributed by atoms with E-state index >= 15 is 0 Å². The van der Waals surface area contributed by atoms with Crippen LogP contribution in [0.4, 0.5) is 4.79 Å². The van der Waals surface area contributed by atoms with E-state index in [-0.39, 0.29) is 17.5 Å². The van der Waals surface area contributed by atoms with Gasteiger partial charge in [0.1, 0.15) is 12.4 Å². The number of ether oxygens (including phenoxy) is 1. The molecule has 0 fully saturated rings. The van der Waals surface area contributed by atoms with E-state index < -0.39 is 9.84 Å². The number of amides is 2. The van der Waals surface area contributed by atoms with Crippen molar-refractivity contribution < 1.29 is 22.4 Å². The topological polar surface area (TPSA) is 97.6 Å². The summed E-state index contributed by atoms with van der Waals surface area (Å²) in [6.07, 6.45) is 1.98. The Morgan fingerprint density at radius 3 is 2.44 bits per heavy atom. The zero-order valence-corrected chi connectivity index (χ0v) is 18.6. The average Bonchev–Trinajstić information content (AvgIpc) is 3.30. The normalized spacial score (nSPS) is 11.2. The molecule has 2 N–H and O–H groups in total. The van der Waals surface area contributed by atoms with Gasteiger partial charge in [-0.05, 0) is 35.2 Å². The van der Waals surface area contributed by atoms with Gasteiger partial charge in [0.05, 0.1) is 24.4 Å². The van der Waals surface area contributed by atoms with Crippen LogP contribution in [0.15, 0.2) is 77.4 Å². The van der Waals surface area contributed by atoms with Gasteiger partial charge in [0.15, 0.2) is 9.84 Å². The summed E-state index contributed by atoms with van der Waals surface area (Å²) < 4.78 is 35.2. The van der Waals surface area contributed by atoms with Crippen molar-refractivity contribution in [3.8, 4) is 0 Å². The Kier molecular flexibility index (Phi) is 8.89. The lowest BCUT2D eigenvalue weighted by atomic mass is 10.1. The van der Waals surface area contributed by atoms with Crippen molar-refractivity contribution in [1.82, 2.24) is 10.6 Å². The maximum Gasteiger partial charge on any atom is 0.315 e. The van der Waals surface area contributed by atoms with Crippen molar-refractivity contribution in [2.24, 2.45) is 0 Å². The summed E-state index contributed by atoms with van der Waals surface area (Å²) in [5, 5.41) is 5.49. The predicted octanol–water partition coefficient (Wildman–Crippen LogP) is 3.80. The van der Waals surface area contributed by atoms with Gasteiger partial charge in [0, 0.05) is 13.1 Å². The third-order valence-electron chi connectivity index (χ3n) is 4.68. The molecule has 0 bridgehead atoms. The van der Waals surface area contributed by atoms with Crippen molar-refractivity contribution in [1.29, 1.82) is 0 Å². The Morgan fingerprint density at radius 1 is 0.875 bits per heavy atom. The van der Waals surface area contributed by atoms with E-state index in [4.69, 9.17) is 9.15 Å². The van der Waals surface area contributed by atoms with Crippen molar-refractivity contribution >= 4 is 15.9 Å². The van der Waals surface area contributed by atoms with Gasteiger partial charge in [-0.2, -0.15) is 0 Å². The first-order valence-corrected chi connectivity index (χ1v) is 12.3. The number of furan rings is 1. The van der Waals surface area contributed by atoms with Crippen LogP contribution in [0.2, 0.25) is 0 Å². The Bertz CT molecular complexity index is 1070. The number of hydrogen-bond donors (Lipinski definition) is 2. The van der Waals surface area contributed by atoms with Gasteiger partial charge < -0.3 is 19.8 Å². The standard InChI is InChI=1S/C24H28N2O5S/c27-24(25-12-6-14-32(28,29)19-20-7-2-1-3-8-20)26-16-21-9-4-10-22(15-21)17-30-18-23-11-5-13-31-23/h1-5,7-11,13,15H,6,12,14,16-19H2,(H2,25,26,27). The molecule has 0 radical (unpaired) electrons. The predicted molar refractivity (Wildman–Crippen MR) is 122 cm³/mol. The lowest BCUT2D eigenvalue weighted by Crippen LogP contribution is -2.36. The molecule has 0 saturated carbocycles. The zero-order valence-electron chi connectivity index (χ0n) is 17.8. The zero-order chi connectivity index (χ0) is 22.7. The molecule has 1 heterocycles. The molecule has 170 valence electrons. The molecule has 1 aromatic heterocycles. The maximum absolute atomic E-state index is 12.2. The lowest BCUT2D eigenvalue weighted by Gasteiger charge is -2.09. The van der Waals surface area contributed by atoms with Crippen LogP contribution in [0.5, 0.6) is 0 Å². The minimum Gasteiger partial charge on any atom is -0.467 e. The second-order valence-corrected chi connectivity index (χ2v) is 9.62. The number of rotatable bonds is 12. The third kappa shape index (κ3) is 8.56. The summed E-state index contributed by atoms with van der Waals surface area (Å²) >= 11 is 0. The van der Waals surface area contributed by atoms with Crippen molar-refractivity contribution in [3.63, 3.8) is 0 Å². The summed E-state index contributed by atoms with van der Waals surface area (Å²) in [7, 11) is -3.20. The molecule has 0 aliphatic carbocycles. The summed E-state index contributed by atoms with van der Waals surface area (Å²) in [5.41, 5.74) is 2.72. The van der Waals surface area contributed by atoms with Crippen LogP contribution >= 0.6 is 0 Å². The van der Waals surface area contributed by atoms with Crippen LogP contribution in [-0.4, -0.2) is 26.7 Å². The molecule has 32 heavy (non-hydrogen) atoms. The Morgan fingerprint density at radius 2 is 1.66 bits per heavy atom. The molecule has 8 heteroatoms. The number of sulfone groups is 1. The third-order valence-corrected chi connectivity index (χ3v) is 6.37.